The second-order valence-electron chi connectivity index (χ2n) is 7.50. The average molecular weight is 404 g/mol. The number of hydrogen-bond donors (Lipinski definition) is 0. The Bertz CT molecular complexity index is 473. The van der Waals surface area contributed by atoms with Crippen molar-refractivity contribution >= 4 is 41.1 Å². The van der Waals surface area contributed by atoms with Crippen molar-refractivity contribution < 1.29 is 4.79 Å². The minimum atomic E-state index is -0.107. The van der Waals surface area contributed by atoms with Crippen molar-refractivity contribution in [1.82, 2.24) is 0 Å². The zero-order chi connectivity index (χ0) is 18.3. The number of rotatable bonds is 7. The van der Waals surface area contributed by atoms with Crippen LogP contribution in [0.5, 0.6) is 0 Å². The topological polar surface area (TPSA) is 17.1 Å². The average Bonchev–Trinajstić information content (AvgIpc) is 2.62. The molecule has 0 aromatic heterocycles. The molecule has 0 spiro atoms. The van der Waals surface area contributed by atoms with Crippen LogP contribution >= 0.6 is 34.8 Å². The fourth-order valence-electron chi connectivity index (χ4n) is 4.72. The van der Waals surface area contributed by atoms with Crippen molar-refractivity contribution in [3.05, 3.63) is 35.9 Å². The third-order valence-corrected chi connectivity index (χ3v) is 7.28. The van der Waals surface area contributed by atoms with E-state index in [1.807, 2.05) is 12.2 Å². The molecule has 2 rings (SSSR count). The Labute approximate surface area is 167 Å². The standard InChI is InChI=1S/C21H29Cl3O/c1-2-18(22)4-3-13-21(14-15-25,16-5-9-19(23)10-6-16)17-7-11-20(24)12-8-17/h2-4,13,15-17,19-20H,1,5-12,14H2/b13-3+,18-4+. The fourth-order valence-corrected chi connectivity index (χ4v) is 5.30. The van der Waals surface area contributed by atoms with Crippen molar-refractivity contribution in [3.63, 3.8) is 0 Å². The van der Waals surface area contributed by atoms with E-state index in [0.717, 1.165) is 57.7 Å². The Kier molecular flexibility index (Phi) is 8.58. The van der Waals surface area contributed by atoms with Gasteiger partial charge in [-0.05, 0) is 69.3 Å². The maximum absolute atomic E-state index is 11.6. The van der Waals surface area contributed by atoms with E-state index in [-0.39, 0.29) is 16.2 Å². The smallest absolute Gasteiger partial charge is 0.120 e. The van der Waals surface area contributed by atoms with Crippen molar-refractivity contribution in [1.29, 1.82) is 0 Å². The molecular weight excluding hydrogens is 375 g/mol. The van der Waals surface area contributed by atoms with Gasteiger partial charge in [0, 0.05) is 27.6 Å². The van der Waals surface area contributed by atoms with E-state index in [1.165, 1.54) is 0 Å². The van der Waals surface area contributed by atoms with E-state index in [9.17, 15) is 4.79 Å². The van der Waals surface area contributed by atoms with E-state index in [0.29, 0.717) is 23.3 Å². The summed E-state index contributed by atoms with van der Waals surface area (Å²) in [6.45, 7) is 3.69. The number of allylic oxidation sites excluding steroid dienone is 5. The molecule has 0 unspecified atom stereocenters. The van der Waals surface area contributed by atoms with Crippen LogP contribution in [0.15, 0.2) is 35.9 Å². The summed E-state index contributed by atoms with van der Waals surface area (Å²) in [6, 6.07) is 0. The highest BCUT2D eigenvalue weighted by Crippen LogP contribution is 2.52. The lowest BCUT2D eigenvalue weighted by atomic mass is 9.57. The Morgan fingerprint density at radius 2 is 1.44 bits per heavy atom. The Morgan fingerprint density at radius 1 is 0.960 bits per heavy atom. The SMILES string of the molecule is C=C/C(Cl)=C\C=C\C(CC=O)(C1CCC(Cl)CC1)C1CCC(Cl)CC1. The van der Waals surface area contributed by atoms with Gasteiger partial charge in [0.05, 0.1) is 0 Å². The largest absolute Gasteiger partial charge is 0.303 e. The normalized spacial score (nSPS) is 33.8. The van der Waals surface area contributed by atoms with Crippen LogP contribution in [0, 0.1) is 17.3 Å². The molecule has 0 N–H and O–H groups in total. The first-order valence-corrected chi connectivity index (χ1v) is 10.7. The highest BCUT2D eigenvalue weighted by atomic mass is 35.5. The molecule has 0 bridgehead atoms. The van der Waals surface area contributed by atoms with E-state index in [1.54, 1.807) is 6.08 Å². The van der Waals surface area contributed by atoms with Crippen LogP contribution in [0.2, 0.25) is 0 Å². The highest BCUT2D eigenvalue weighted by molar-refractivity contribution is 6.31. The van der Waals surface area contributed by atoms with Crippen LogP contribution in [0.25, 0.3) is 0 Å². The van der Waals surface area contributed by atoms with Crippen LogP contribution in [0.4, 0.5) is 0 Å². The second kappa shape index (κ2) is 10.2. The predicted octanol–water partition coefficient (Wildman–Crippen LogP) is 7.02. The van der Waals surface area contributed by atoms with Gasteiger partial charge in [-0.1, -0.05) is 36.4 Å². The molecule has 0 radical (unpaired) electrons. The van der Waals surface area contributed by atoms with Gasteiger partial charge in [-0.25, -0.2) is 0 Å². The maximum Gasteiger partial charge on any atom is 0.120 e. The summed E-state index contributed by atoms with van der Waals surface area (Å²) in [5.74, 6) is 0.994. The molecule has 0 atom stereocenters. The van der Waals surface area contributed by atoms with Gasteiger partial charge >= 0.3 is 0 Å². The number of carbonyl (C=O) groups excluding carboxylic acids is 1. The van der Waals surface area contributed by atoms with Gasteiger partial charge in [0.1, 0.15) is 6.29 Å². The summed E-state index contributed by atoms with van der Waals surface area (Å²) < 4.78 is 0. The molecule has 0 aliphatic heterocycles. The molecule has 0 aromatic rings. The van der Waals surface area contributed by atoms with Gasteiger partial charge in [-0.2, -0.15) is 0 Å². The fraction of sp³-hybridized carbons (Fsp3) is 0.667. The molecule has 140 valence electrons. The Balaban J connectivity index is 2.31. The van der Waals surface area contributed by atoms with Crippen molar-refractivity contribution in [2.45, 2.75) is 68.5 Å². The molecule has 4 heteroatoms. The van der Waals surface area contributed by atoms with Crippen LogP contribution in [0.3, 0.4) is 0 Å². The van der Waals surface area contributed by atoms with Crippen molar-refractivity contribution in [2.75, 3.05) is 0 Å². The lowest BCUT2D eigenvalue weighted by Crippen LogP contribution is -2.41. The Hall–Kier alpha value is -0.240. The van der Waals surface area contributed by atoms with E-state index in [2.05, 4.69) is 12.7 Å². The highest BCUT2D eigenvalue weighted by Gasteiger charge is 2.44. The van der Waals surface area contributed by atoms with Gasteiger partial charge in [-0.15, -0.1) is 23.2 Å². The summed E-state index contributed by atoms with van der Waals surface area (Å²) in [5.41, 5.74) is -0.107. The lowest BCUT2D eigenvalue weighted by molar-refractivity contribution is -0.111. The number of carbonyl (C=O) groups is 1. The van der Waals surface area contributed by atoms with E-state index < -0.39 is 0 Å². The van der Waals surface area contributed by atoms with Gasteiger partial charge < -0.3 is 4.79 Å². The molecule has 2 aliphatic carbocycles. The molecule has 1 nitrogen and oxygen atoms in total. The zero-order valence-electron chi connectivity index (χ0n) is 14.8. The van der Waals surface area contributed by atoms with Gasteiger partial charge in [0.15, 0.2) is 0 Å². The summed E-state index contributed by atoms with van der Waals surface area (Å²) in [4.78, 5) is 11.6. The molecule has 2 saturated carbocycles. The third kappa shape index (κ3) is 5.62. The van der Waals surface area contributed by atoms with Gasteiger partial charge in [0.25, 0.3) is 0 Å². The van der Waals surface area contributed by atoms with Crippen molar-refractivity contribution in [3.8, 4) is 0 Å². The van der Waals surface area contributed by atoms with Gasteiger partial charge in [-0.3, -0.25) is 0 Å². The molecule has 0 amide bonds. The third-order valence-electron chi connectivity index (χ3n) is 6.13. The monoisotopic (exact) mass is 402 g/mol. The Morgan fingerprint density at radius 3 is 1.84 bits per heavy atom. The van der Waals surface area contributed by atoms with E-state index >= 15 is 0 Å². The molecule has 0 aromatic carbocycles. The molecular formula is C21H29Cl3O. The minimum Gasteiger partial charge on any atom is -0.303 e. The number of alkyl halides is 2. The summed E-state index contributed by atoms with van der Waals surface area (Å²) in [7, 11) is 0. The van der Waals surface area contributed by atoms with E-state index in [4.69, 9.17) is 34.8 Å². The summed E-state index contributed by atoms with van der Waals surface area (Å²) >= 11 is 18.7. The summed E-state index contributed by atoms with van der Waals surface area (Å²) in [6.07, 6.45) is 17.9. The molecule has 0 heterocycles. The first kappa shape index (κ1) is 21.1. The number of halogens is 3. The van der Waals surface area contributed by atoms with Crippen LogP contribution in [0.1, 0.15) is 57.8 Å². The first-order chi connectivity index (χ1) is 12.0. The lowest BCUT2D eigenvalue weighted by Gasteiger charge is -2.48. The van der Waals surface area contributed by atoms with Crippen LogP contribution < -0.4 is 0 Å². The zero-order valence-corrected chi connectivity index (χ0v) is 17.1. The molecule has 25 heavy (non-hydrogen) atoms. The minimum absolute atomic E-state index is 0.107. The number of aldehydes is 1. The molecule has 0 saturated heterocycles. The second-order valence-corrected chi connectivity index (χ2v) is 9.17. The van der Waals surface area contributed by atoms with Crippen LogP contribution in [-0.4, -0.2) is 17.0 Å². The molecule has 2 fully saturated rings. The molecule has 2 aliphatic rings. The maximum atomic E-state index is 11.6. The quantitative estimate of drug-likeness (QED) is 0.253. The number of hydrogen-bond acceptors (Lipinski definition) is 1. The van der Waals surface area contributed by atoms with Gasteiger partial charge in [0.2, 0.25) is 0 Å². The predicted molar refractivity (Wildman–Crippen MR) is 110 cm³/mol. The van der Waals surface area contributed by atoms with Crippen LogP contribution in [-0.2, 0) is 4.79 Å². The summed E-state index contributed by atoms with van der Waals surface area (Å²) in [5, 5.41) is 1.18. The van der Waals surface area contributed by atoms with Crippen molar-refractivity contribution in [2.24, 2.45) is 17.3 Å². The first-order valence-electron chi connectivity index (χ1n) is 9.41.